The van der Waals surface area contributed by atoms with Crippen molar-refractivity contribution in [2.75, 3.05) is 39.5 Å². The fraction of sp³-hybridized carbons (Fsp3) is 0.647. The minimum Gasteiger partial charge on any atom is -0.394 e. The molecule has 118 valence electrons. The number of ether oxygens (including phenoxy) is 1. The van der Waals surface area contributed by atoms with Crippen LogP contribution in [0.4, 0.5) is 4.39 Å². The topological polar surface area (TPSA) is 32.7 Å². The molecule has 0 spiro atoms. The first-order valence-electron chi connectivity index (χ1n) is 7.94. The predicted molar refractivity (Wildman–Crippen MR) is 81.8 cm³/mol. The van der Waals surface area contributed by atoms with Crippen LogP contribution in [0.2, 0.25) is 0 Å². The Balaban J connectivity index is 1.70. The van der Waals surface area contributed by atoms with Gasteiger partial charge in [-0.15, -0.1) is 0 Å². The zero-order valence-corrected chi connectivity index (χ0v) is 12.6. The van der Waals surface area contributed by atoms with Gasteiger partial charge < -0.3 is 14.7 Å². The van der Waals surface area contributed by atoms with Crippen molar-refractivity contribution in [3.8, 4) is 0 Å². The SMILES string of the molecule is OCCOCCN1CCC[C@@H](CCc2ccccc2F)C1. The Bertz CT molecular complexity index is 414. The molecule has 3 nitrogen and oxygen atoms in total. The molecule has 21 heavy (non-hydrogen) atoms. The van der Waals surface area contributed by atoms with Crippen molar-refractivity contribution in [2.24, 2.45) is 5.92 Å². The number of aryl methyl sites for hydroxylation is 1. The Hall–Kier alpha value is -0.970. The van der Waals surface area contributed by atoms with Crippen LogP contribution in [0.5, 0.6) is 0 Å². The number of benzene rings is 1. The highest BCUT2D eigenvalue weighted by Crippen LogP contribution is 2.22. The lowest BCUT2D eigenvalue weighted by Crippen LogP contribution is -2.37. The van der Waals surface area contributed by atoms with Gasteiger partial charge in [0.15, 0.2) is 0 Å². The number of likely N-dealkylation sites (tertiary alicyclic amines) is 1. The van der Waals surface area contributed by atoms with Crippen LogP contribution in [0, 0.1) is 11.7 Å². The van der Waals surface area contributed by atoms with E-state index in [1.807, 2.05) is 12.1 Å². The molecule has 1 heterocycles. The van der Waals surface area contributed by atoms with Gasteiger partial charge in [-0.05, 0) is 49.8 Å². The third-order valence-corrected chi connectivity index (χ3v) is 4.17. The average Bonchev–Trinajstić information content (AvgIpc) is 2.51. The molecule has 0 radical (unpaired) electrons. The quantitative estimate of drug-likeness (QED) is 0.748. The molecule has 1 aliphatic heterocycles. The number of aliphatic hydroxyl groups is 1. The van der Waals surface area contributed by atoms with Gasteiger partial charge in [0.25, 0.3) is 0 Å². The highest BCUT2D eigenvalue weighted by molar-refractivity contribution is 5.17. The molecule has 1 aromatic carbocycles. The molecule has 0 aliphatic carbocycles. The van der Waals surface area contributed by atoms with Gasteiger partial charge in [-0.2, -0.15) is 0 Å². The van der Waals surface area contributed by atoms with Gasteiger partial charge in [0.05, 0.1) is 19.8 Å². The molecular formula is C17H26FNO2. The second-order valence-corrected chi connectivity index (χ2v) is 5.77. The molecule has 4 heteroatoms. The van der Waals surface area contributed by atoms with Gasteiger partial charge in [0, 0.05) is 13.1 Å². The molecule has 0 bridgehead atoms. The maximum absolute atomic E-state index is 13.6. The van der Waals surface area contributed by atoms with Gasteiger partial charge >= 0.3 is 0 Å². The molecule has 0 aromatic heterocycles. The molecule has 1 aromatic rings. The van der Waals surface area contributed by atoms with Crippen LogP contribution in [0.15, 0.2) is 24.3 Å². The molecule has 0 saturated carbocycles. The van der Waals surface area contributed by atoms with Crippen molar-refractivity contribution in [3.63, 3.8) is 0 Å². The summed E-state index contributed by atoms with van der Waals surface area (Å²) >= 11 is 0. The first-order valence-corrected chi connectivity index (χ1v) is 7.94. The lowest BCUT2D eigenvalue weighted by atomic mass is 9.91. The number of hydrogen-bond acceptors (Lipinski definition) is 3. The Morgan fingerprint density at radius 1 is 1.29 bits per heavy atom. The van der Waals surface area contributed by atoms with Crippen molar-refractivity contribution in [1.29, 1.82) is 0 Å². The number of aliphatic hydroxyl groups excluding tert-OH is 1. The molecule has 1 aliphatic rings. The minimum absolute atomic E-state index is 0.0810. The van der Waals surface area contributed by atoms with Crippen molar-refractivity contribution in [3.05, 3.63) is 35.6 Å². The van der Waals surface area contributed by atoms with Crippen LogP contribution in [0.25, 0.3) is 0 Å². The predicted octanol–water partition coefficient (Wildman–Crippen LogP) is 2.48. The Morgan fingerprint density at radius 3 is 2.95 bits per heavy atom. The Kier molecular flexibility index (Phi) is 7.13. The molecule has 2 rings (SSSR count). The number of halogens is 1. The lowest BCUT2D eigenvalue weighted by Gasteiger charge is -2.32. The van der Waals surface area contributed by atoms with E-state index >= 15 is 0 Å². The number of piperidine rings is 1. The number of nitrogens with zero attached hydrogens (tertiary/aromatic N) is 1. The monoisotopic (exact) mass is 295 g/mol. The van der Waals surface area contributed by atoms with Crippen LogP contribution in [0.3, 0.4) is 0 Å². The van der Waals surface area contributed by atoms with E-state index in [9.17, 15) is 4.39 Å². The summed E-state index contributed by atoms with van der Waals surface area (Å²) in [5.74, 6) is 0.568. The molecule has 0 amide bonds. The summed E-state index contributed by atoms with van der Waals surface area (Å²) in [4.78, 5) is 2.42. The first kappa shape index (κ1) is 16.4. The zero-order valence-electron chi connectivity index (χ0n) is 12.6. The van der Waals surface area contributed by atoms with Gasteiger partial charge in [-0.3, -0.25) is 0 Å². The van der Waals surface area contributed by atoms with E-state index in [-0.39, 0.29) is 12.4 Å². The highest BCUT2D eigenvalue weighted by Gasteiger charge is 2.19. The third-order valence-electron chi connectivity index (χ3n) is 4.17. The van der Waals surface area contributed by atoms with Gasteiger partial charge in [0.1, 0.15) is 5.82 Å². The molecular weight excluding hydrogens is 269 g/mol. The number of hydrogen-bond donors (Lipinski definition) is 1. The van der Waals surface area contributed by atoms with Gasteiger partial charge in [-0.25, -0.2) is 4.39 Å². The van der Waals surface area contributed by atoms with Crippen LogP contribution in [-0.2, 0) is 11.2 Å². The van der Waals surface area contributed by atoms with E-state index < -0.39 is 0 Å². The Labute approximate surface area is 126 Å². The van der Waals surface area contributed by atoms with E-state index in [2.05, 4.69) is 4.90 Å². The largest absolute Gasteiger partial charge is 0.394 e. The Morgan fingerprint density at radius 2 is 2.14 bits per heavy atom. The second-order valence-electron chi connectivity index (χ2n) is 5.77. The smallest absolute Gasteiger partial charge is 0.126 e. The van der Waals surface area contributed by atoms with Crippen LogP contribution in [0.1, 0.15) is 24.8 Å². The van der Waals surface area contributed by atoms with Crippen molar-refractivity contribution < 1.29 is 14.2 Å². The van der Waals surface area contributed by atoms with E-state index in [1.54, 1.807) is 12.1 Å². The summed E-state index contributed by atoms with van der Waals surface area (Å²) in [7, 11) is 0. The molecule has 1 saturated heterocycles. The minimum atomic E-state index is -0.0810. The summed E-state index contributed by atoms with van der Waals surface area (Å²) in [6.07, 6.45) is 4.32. The summed E-state index contributed by atoms with van der Waals surface area (Å²) in [6, 6.07) is 7.08. The summed E-state index contributed by atoms with van der Waals surface area (Å²) in [5, 5.41) is 8.68. The fourth-order valence-electron chi connectivity index (χ4n) is 3.01. The lowest BCUT2D eigenvalue weighted by molar-refractivity contribution is 0.0618. The van der Waals surface area contributed by atoms with Crippen molar-refractivity contribution in [1.82, 2.24) is 4.90 Å². The van der Waals surface area contributed by atoms with Crippen molar-refractivity contribution >= 4 is 0 Å². The second kappa shape index (κ2) is 9.13. The third kappa shape index (κ3) is 5.73. The maximum atomic E-state index is 13.6. The number of rotatable bonds is 8. The van der Waals surface area contributed by atoms with Gasteiger partial charge in [-0.1, -0.05) is 18.2 Å². The fourth-order valence-corrected chi connectivity index (χ4v) is 3.01. The van der Waals surface area contributed by atoms with E-state index in [0.717, 1.165) is 38.0 Å². The van der Waals surface area contributed by atoms with E-state index in [0.29, 0.717) is 19.1 Å². The van der Waals surface area contributed by atoms with E-state index in [4.69, 9.17) is 9.84 Å². The molecule has 1 atom stereocenters. The zero-order chi connectivity index (χ0) is 14.9. The maximum Gasteiger partial charge on any atom is 0.126 e. The molecule has 1 N–H and O–H groups in total. The van der Waals surface area contributed by atoms with Crippen LogP contribution in [-0.4, -0.2) is 49.5 Å². The summed E-state index contributed by atoms with van der Waals surface area (Å²) in [5.41, 5.74) is 0.834. The van der Waals surface area contributed by atoms with Crippen LogP contribution >= 0.6 is 0 Å². The molecule has 1 fully saturated rings. The first-order chi connectivity index (χ1) is 10.3. The average molecular weight is 295 g/mol. The van der Waals surface area contributed by atoms with E-state index in [1.165, 1.54) is 12.8 Å². The summed E-state index contributed by atoms with van der Waals surface area (Å²) < 4.78 is 18.9. The van der Waals surface area contributed by atoms with Crippen LogP contribution < -0.4 is 0 Å². The van der Waals surface area contributed by atoms with Crippen molar-refractivity contribution in [2.45, 2.75) is 25.7 Å². The van der Waals surface area contributed by atoms with Gasteiger partial charge in [0.2, 0.25) is 0 Å². The normalized spacial score (nSPS) is 19.8. The highest BCUT2D eigenvalue weighted by atomic mass is 19.1. The summed E-state index contributed by atoms with van der Waals surface area (Å²) in [6.45, 7) is 4.32. The standard InChI is InChI=1S/C17H26FNO2/c18-17-6-2-1-5-16(17)8-7-15-4-3-9-19(14-15)10-12-21-13-11-20/h1-2,5-6,15,20H,3-4,7-14H2/t15-/m0/s1. The molecule has 0 unspecified atom stereocenters.